The number of carbonyl (C=O) groups is 4. The van der Waals surface area contributed by atoms with Gasteiger partial charge in [0.1, 0.15) is 0 Å². The van der Waals surface area contributed by atoms with Crippen LogP contribution in [0.15, 0.2) is 29.5 Å². The van der Waals surface area contributed by atoms with Crippen molar-refractivity contribution in [3.8, 4) is 0 Å². The Kier molecular flexibility index (Phi) is 8.10. The van der Waals surface area contributed by atoms with E-state index in [0.29, 0.717) is 59.5 Å². The molecule has 0 aliphatic carbocycles. The number of nitrogens with one attached hydrogen (secondary N) is 1. The third-order valence-electron chi connectivity index (χ3n) is 6.88. The number of nitrogens with zero attached hydrogens (tertiary/aromatic N) is 3. The number of hydrogen-bond donors (Lipinski definition) is 1. The Morgan fingerprint density at radius 3 is 2.67 bits per heavy atom. The number of esters is 1. The van der Waals surface area contributed by atoms with Crippen LogP contribution in [0.25, 0.3) is 0 Å². The number of likely N-dealkylation sites (N-methyl/N-ethyl adjacent to an activating group) is 1. The van der Waals surface area contributed by atoms with Gasteiger partial charge >= 0.3 is 12.0 Å². The molecule has 9 nitrogen and oxygen atoms in total. The Balaban J connectivity index is 1.47. The predicted octanol–water partition coefficient (Wildman–Crippen LogP) is 3.37. The summed E-state index contributed by atoms with van der Waals surface area (Å²) in [6.45, 7) is 5.66. The number of likely N-dealkylation sites (tertiary alicyclic amines) is 1. The van der Waals surface area contributed by atoms with Crippen LogP contribution in [0.2, 0.25) is 10.0 Å². The molecule has 1 aromatic rings. The molecule has 1 saturated heterocycles. The lowest BCUT2D eigenvalue weighted by molar-refractivity contribution is -0.151. The summed E-state index contributed by atoms with van der Waals surface area (Å²) in [6, 6.07) is 3.93. The third kappa shape index (κ3) is 5.18. The minimum absolute atomic E-state index is 0.111. The Morgan fingerprint density at radius 1 is 1.19 bits per heavy atom. The Morgan fingerprint density at radius 2 is 1.97 bits per heavy atom. The molecule has 0 spiro atoms. The minimum Gasteiger partial charge on any atom is -0.466 e. The number of amides is 4. The van der Waals surface area contributed by atoms with Gasteiger partial charge in [0.05, 0.1) is 36.4 Å². The highest BCUT2D eigenvalue weighted by Gasteiger charge is 2.44. The Labute approximate surface area is 220 Å². The molecule has 194 valence electrons. The van der Waals surface area contributed by atoms with Crippen LogP contribution >= 0.6 is 23.2 Å². The second-order valence-electron chi connectivity index (χ2n) is 9.06. The molecule has 0 unspecified atom stereocenters. The molecule has 11 heteroatoms. The summed E-state index contributed by atoms with van der Waals surface area (Å²) in [7, 11) is 0. The summed E-state index contributed by atoms with van der Waals surface area (Å²) < 4.78 is 5.12. The smallest absolute Gasteiger partial charge is 0.322 e. The molecule has 0 bridgehead atoms. The number of ether oxygens (including phenoxy) is 1. The van der Waals surface area contributed by atoms with Gasteiger partial charge in [0.2, 0.25) is 5.91 Å². The van der Waals surface area contributed by atoms with Crippen LogP contribution in [0.1, 0.15) is 44.7 Å². The summed E-state index contributed by atoms with van der Waals surface area (Å²) in [5.41, 5.74) is 1.66. The molecule has 0 saturated carbocycles. The van der Waals surface area contributed by atoms with Crippen molar-refractivity contribution in [1.29, 1.82) is 0 Å². The summed E-state index contributed by atoms with van der Waals surface area (Å²) >= 11 is 12.5. The highest BCUT2D eigenvalue weighted by Crippen LogP contribution is 2.39. The second kappa shape index (κ2) is 11.1. The van der Waals surface area contributed by atoms with Crippen LogP contribution in [-0.4, -0.2) is 77.8 Å². The van der Waals surface area contributed by atoms with Crippen molar-refractivity contribution < 1.29 is 23.9 Å². The topological polar surface area (TPSA) is 99.3 Å². The molecule has 1 N–H and O–H groups in total. The maximum atomic E-state index is 13.5. The average molecular weight is 537 g/mol. The molecule has 0 aromatic heterocycles. The van der Waals surface area contributed by atoms with E-state index in [1.807, 2.05) is 6.92 Å². The van der Waals surface area contributed by atoms with Crippen LogP contribution < -0.4 is 5.32 Å². The number of carbonyl (C=O) groups excluding carboxylic acids is 4. The second-order valence-corrected chi connectivity index (χ2v) is 9.90. The van der Waals surface area contributed by atoms with Crippen molar-refractivity contribution in [3.05, 3.63) is 45.1 Å². The maximum absolute atomic E-state index is 13.5. The van der Waals surface area contributed by atoms with Crippen molar-refractivity contribution in [2.24, 2.45) is 5.92 Å². The number of urea groups is 1. The van der Waals surface area contributed by atoms with E-state index in [1.54, 1.807) is 39.8 Å². The van der Waals surface area contributed by atoms with E-state index in [1.165, 1.54) is 0 Å². The van der Waals surface area contributed by atoms with Crippen LogP contribution in [0.4, 0.5) is 4.79 Å². The zero-order valence-electron chi connectivity index (χ0n) is 20.4. The molecule has 3 aliphatic heterocycles. The quantitative estimate of drug-likeness (QED) is 0.538. The highest BCUT2D eigenvalue weighted by atomic mass is 35.5. The molecular weight excluding hydrogens is 507 g/mol. The van der Waals surface area contributed by atoms with Crippen LogP contribution in [0.3, 0.4) is 0 Å². The van der Waals surface area contributed by atoms with Crippen molar-refractivity contribution >= 4 is 47.0 Å². The van der Waals surface area contributed by atoms with Gasteiger partial charge in [-0.3, -0.25) is 19.3 Å². The van der Waals surface area contributed by atoms with Crippen molar-refractivity contribution in [3.63, 3.8) is 0 Å². The number of rotatable bonds is 7. The van der Waals surface area contributed by atoms with E-state index in [9.17, 15) is 19.2 Å². The first-order valence-electron chi connectivity index (χ1n) is 12.2. The fourth-order valence-corrected chi connectivity index (χ4v) is 5.59. The third-order valence-corrected chi connectivity index (χ3v) is 7.44. The minimum atomic E-state index is -0.708. The van der Waals surface area contributed by atoms with Crippen molar-refractivity contribution in [2.45, 2.75) is 39.2 Å². The Bertz CT molecular complexity index is 1110. The first-order valence-corrected chi connectivity index (χ1v) is 13.0. The average Bonchev–Trinajstić information content (AvgIpc) is 3.18. The van der Waals surface area contributed by atoms with Crippen molar-refractivity contribution in [2.75, 3.05) is 39.3 Å². The van der Waals surface area contributed by atoms with Gasteiger partial charge in [0.15, 0.2) is 0 Å². The number of halogens is 2. The normalized spacial score (nSPS) is 22.1. The Hall–Kier alpha value is -2.78. The first-order chi connectivity index (χ1) is 17.2. The van der Waals surface area contributed by atoms with Gasteiger partial charge in [-0.15, -0.1) is 0 Å². The zero-order chi connectivity index (χ0) is 26.0. The number of hydrogen-bond acceptors (Lipinski definition) is 5. The van der Waals surface area contributed by atoms with E-state index in [4.69, 9.17) is 27.9 Å². The van der Waals surface area contributed by atoms with Crippen LogP contribution in [0, 0.1) is 5.92 Å². The lowest BCUT2D eigenvalue weighted by atomic mass is 9.95. The zero-order valence-corrected chi connectivity index (χ0v) is 21.9. The lowest BCUT2D eigenvalue weighted by Crippen LogP contribution is -2.47. The van der Waals surface area contributed by atoms with E-state index in [-0.39, 0.29) is 49.2 Å². The standard InChI is InChI=1S/C25H30Cl2N4O5/c1-3-31-19-14-30(11-9-20(32)29-10-5-6-15(13-29)24(34)36-4-2)23(33)21(19)22(28-25(31)35)17-8-7-16(26)12-18(17)27/h7-8,12,15,22H,3-6,9-11,13-14H2,1-2H3,(H,28,35)/t15-,22+/m1/s1. The van der Waals surface area contributed by atoms with Gasteiger partial charge < -0.3 is 19.9 Å². The molecule has 4 amide bonds. The van der Waals surface area contributed by atoms with Gasteiger partial charge in [-0.05, 0) is 44.4 Å². The molecule has 2 atom stereocenters. The monoisotopic (exact) mass is 536 g/mol. The fourth-order valence-electron chi connectivity index (χ4n) is 5.08. The van der Waals surface area contributed by atoms with E-state index < -0.39 is 6.04 Å². The van der Waals surface area contributed by atoms with Gasteiger partial charge in [-0.1, -0.05) is 29.3 Å². The number of piperidine rings is 1. The SMILES string of the molecule is CCOC(=O)[C@@H]1CCCN(C(=O)CCN2CC3=C(C2=O)[C@H](c2ccc(Cl)cc2Cl)NC(=O)N3CC)C1. The molecule has 4 rings (SSSR count). The van der Waals surface area contributed by atoms with Crippen LogP contribution in [0.5, 0.6) is 0 Å². The van der Waals surface area contributed by atoms with E-state index in [0.717, 1.165) is 6.42 Å². The van der Waals surface area contributed by atoms with Gasteiger partial charge in [-0.25, -0.2) is 4.79 Å². The molecule has 0 radical (unpaired) electrons. The largest absolute Gasteiger partial charge is 0.466 e. The molecule has 3 heterocycles. The summed E-state index contributed by atoms with van der Waals surface area (Å²) in [5, 5.41) is 3.70. The molecule has 1 fully saturated rings. The lowest BCUT2D eigenvalue weighted by Gasteiger charge is -2.33. The number of benzene rings is 1. The van der Waals surface area contributed by atoms with E-state index >= 15 is 0 Å². The first kappa shape index (κ1) is 26.3. The fraction of sp³-hybridized carbons (Fsp3) is 0.520. The van der Waals surface area contributed by atoms with Gasteiger partial charge in [-0.2, -0.15) is 0 Å². The summed E-state index contributed by atoms with van der Waals surface area (Å²) in [5.74, 6) is -0.939. The summed E-state index contributed by atoms with van der Waals surface area (Å²) in [6.07, 6.45) is 1.56. The molecule has 36 heavy (non-hydrogen) atoms. The van der Waals surface area contributed by atoms with E-state index in [2.05, 4.69) is 5.32 Å². The molecular formula is C25H30Cl2N4O5. The maximum Gasteiger partial charge on any atom is 0.322 e. The highest BCUT2D eigenvalue weighted by molar-refractivity contribution is 6.35. The van der Waals surface area contributed by atoms with Gasteiger partial charge in [0, 0.05) is 42.6 Å². The molecule has 3 aliphatic rings. The predicted molar refractivity (Wildman–Crippen MR) is 134 cm³/mol. The summed E-state index contributed by atoms with van der Waals surface area (Å²) in [4.78, 5) is 56.2. The van der Waals surface area contributed by atoms with Gasteiger partial charge in [0.25, 0.3) is 5.91 Å². The van der Waals surface area contributed by atoms with Crippen molar-refractivity contribution in [1.82, 2.24) is 20.0 Å². The molecule has 1 aromatic carbocycles. The van der Waals surface area contributed by atoms with Crippen LogP contribution in [-0.2, 0) is 19.1 Å².